The molecule has 2 fully saturated rings. The van der Waals surface area contributed by atoms with Gasteiger partial charge in [-0.1, -0.05) is 59.3 Å². The van der Waals surface area contributed by atoms with E-state index in [-0.39, 0.29) is 0 Å². The van der Waals surface area contributed by atoms with Crippen molar-refractivity contribution in [1.82, 2.24) is 5.32 Å². The van der Waals surface area contributed by atoms with Crippen LogP contribution < -0.4 is 5.32 Å². The van der Waals surface area contributed by atoms with Crippen molar-refractivity contribution in [1.29, 1.82) is 0 Å². The van der Waals surface area contributed by atoms with E-state index in [1.165, 1.54) is 64.2 Å². The first-order valence-corrected chi connectivity index (χ1v) is 10.5. The third-order valence-corrected chi connectivity index (χ3v) is 6.53. The van der Waals surface area contributed by atoms with E-state index in [1.54, 1.807) is 12.8 Å². The zero-order valence-corrected chi connectivity index (χ0v) is 15.6. The second-order valence-electron chi connectivity index (χ2n) is 8.37. The van der Waals surface area contributed by atoms with Crippen LogP contribution in [0.15, 0.2) is 0 Å². The van der Waals surface area contributed by atoms with Gasteiger partial charge in [-0.2, -0.15) is 0 Å². The van der Waals surface area contributed by atoms with Gasteiger partial charge in [0, 0.05) is 6.04 Å². The van der Waals surface area contributed by atoms with Crippen molar-refractivity contribution in [2.24, 2.45) is 23.7 Å². The van der Waals surface area contributed by atoms with Crippen LogP contribution in [-0.2, 0) is 0 Å². The summed E-state index contributed by atoms with van der Waals surface area (Å²) in [5, 5.41) is 3.67. The Bertz CT molecular complexity index is 286. The standard InChI is InChI=1S/C21H41N/c1-4-8-18-9-7-10-19(15-18)13-17(5-2)14-20-11-12-21(16-20)22-6-3/h17-22H,4-16H2,1-3H3. The minimum atomic E-state index is 0.830. The van der Waals surface area contributed by atoms with E-state index >= 15 is 0 Å². The molecule has 2 aliphatic rings. The lowest BCUT2D eigenvalue weighted by Crippen LogP contribution is -2.26. The molecule has 0 aromatic heterocycles. The average Bonchev–Trinajstić information content (AvgIpc) is 2.95. The molecule has 0 spiro atoms. The third kappa shape index (κ3) is 5.87. The lowest BCUT2D eigenvalue weighted by Gasteiger charge is -2.32. The predicted molar refractivity (Wildman–Crippen MR) is 98.2 cm³/mol. The molecule has 0 amide bonds. The molecule has 2 saturated carbocycles. The maximum atomic E-state index is 3.67. The van der Waals surface area contributed by atoms with Crippen LogP contribution in [0.1, 0.15) is 97.8 Å². The normalized spacial score (nSPS) is 34.0. The van der Waals surface area contributed by atoms with Gasteiger partial charge in [0.15, 0.2) is 0 Å². The molecule has 0 aliphatic heterocycles. The molecule has 0 saturated heterocycles. The molecule has 0 aromatic carbocycles. The second kappa shape index (κ2) is 9.96. The Morgan fingerprint density at radius 3 is 2.27 bits per heavy atom. The molecule has 130 valence electrons. The smallest absolute Gasteiger partial charge is 0.00696 e. The molecule has 5 atom stereocenters. The van der Waals surface area contributed by atoms with Crippen LogP contribution in [0.2, 0.25) is 0 Å². The van der Waals surface area contributed by atoms with E-state index in [9.17, 15) is 0 Å². The summed E-state index contributed by atoms with van der Waals surface area (Å²) in [5.74, 6) is 4.15. The monoisotopic (exact) mass is 307 g/mol. The van der Waals surface area contributed by atoms with Crippen LogP contribution in [0.3, 0.4) is 0 Å². The highest BCUT2D eigenvalue weighted by Gasteiger charge is 2.28. The molecular formula is C21H41N. The summed E-state index contributed by atoms with van der Waals surface area (Å²) in [5.41, 5.74) is 0. The number of nitrogens with one attached hydrogen (secondary N) is 1. The van der Waals surface area contributed by atoms with Gasteiger partial charge in [0.25, 0.3) is 0 Å². The summed E-state index contributed by atoms with van der Waals surface area (Å²) in [6, 6.07) is 0.830. The van der Waals surface area contributed by atoms with Gasteiger partial charge in [-0.3, -0.25) is 0 Å². The average molecular weight is 308 g/mol. The molecule has 1 nitrogen and oxygen atoms in total. The van der Waals surface area contributed by atoms with Gasteiger partial charge in [0.1, 0.15) is 0 Å². The third-order valence-electron chi connectivity index (χ3n) is 6.53. The van der Waals surface area contributed by atoms with Crippen molar-refractivity contribution < 1.29 is 0 Å². The van der Waals surface area contributed by atoms with Crippen molar-refractivity contribution in [3.63, 3.8) is 0 Å². The van der Waals surface area contributed by atoms with Gasteiger partial charge in [0.2, 0.25) is 0 Å². The molecule has 1 N–H and O–H groups in total. The molecule has 22 heavy (non-hydrogen) atoms. The molecule has 0 bridgehead atoms. The highest BCUT2D eigenvalue weighted by atomic mass is 14.9. The van der Waals surface area contributed by atoms with Crippen LogP contribution >= 0.6 is 0 Å². The largest absolute Gasteiger partial charge is 0.314 e. The van der Waals surface area contributed by atoms with Crippen molar-refractivity contribution in [2.75, 3.05) is 6.54 Å². The topological polar surface area (TPSA) is 12.0 Å². The first-order valence-electron chi connectivity index (χ1n) is 10.5. The maximum Gasteiger partial charge on any atom is 0.00696 e. The molecule has 2 rings (SSSR count). The van der Waals surface area contributed by atoms with Gasteiger partial charge in [0.05, 0.1) is 0 Å². The van der Waals surface area contributed by atoms with Crippen LogP contribution in [0.5, 0.6) is 0 Å². The maximum absolute atomic E-state index is 3.67. The molecule has 0 aromatic rings. The van der Waals surface area contributed by atoms with Gasteiger partial charge < -0.3 is 5.32 Å². The van der Waals surface area contributed by atoms with Crippen molar-refractivity contribution in [3.05, 3.63) is 0 Å². The Morgan fingerprint density at radius 1 is 0.864 bits per heavy atom. The van der Waals surface area contributed by atoms with Crippen molar-refractivity contribution >= 4 is 0 Å². The zero-order chi connectivity index (χ0) is 15.8. The lowest BCUT2D eigenvalue weighted by molar-refractivity contribution is 0.201. The van der Waals surface area contributed by atoms with Crippen molar-refractivity contribution in [2.45, 2.75) is 104 Å². The first kappa shape index (κ1) is 18.3. The molecule has 5 unspecified atom stereocenters. The Kier molecular flexibility index (Phi) is 8.28. The Hall–Kier alpha value is -0.0400. The number of hydrogen-bond donors (Lipinski definition) is 1. The Morgan fingerprint density at radius 2 is 1.59 bits per heavy atom. The zero-order valence-electron chi connectivity index (χ0n) is 15.6. The quantitative estimate of drug-likeness (QED) is 0.536. The summed E-state index contributed by atoms with van der Waals surface area (Å²) in [7, 11) is 0. The van der Waals surface area contributed by atoms with E-state index in [0.29, 0.717) is 0 Å². The van der Waals surface area contributed by atoms with E-state index in [1.807, 2.05) is 0 Å². The molecule has 0 radical (unpaired) electrons. The second-order valence-corrected chi connectivity index (χ2v) is 8.37. The fraction of sp³-hybridized carbons (Fsp3) is 1.00. The molecule has 2 aliphatic carbocycles. The van der Waals surface area contributed by atoms with Gasteiger partial charge in [-0.05, 0) is 68.7 Å². The Labute approximate surface area is 140 Å². The number of rotatable bonds is 9. The molecule has 1 heteroatoms. The SMILES string of the molecule is CCCC1CCCC(CC(CC)CC2CCC(NCC)C2)C1. The molecular weight excluding hydrogens is 266 g/mol. The summed E-state index contributed by atoms with van der Waals surface area (Å²) in [4.78, 5) is 0. The summed E-state index contributed by atoms with van der Waals surface area (Å²) >= 11 is 0. The van der Waals surface area contributed by atoms with E-state index in [2.05, 4.69) is 26.1 Å². The summed E-state index contributed by atoms with van der Waals surface area (Å²) in [6.45, 7) is 8.19. The van der Waals surface area contributed by atoms with E-state index < -0.39 is 0 Å². The lowest BCUT2D eigenvalue weighted by atomic mass is 9.74. The first-order chi connectivity index (χ1) is 10.7. The Balaban J connectivity index is 1.72. The fourth-order valence-electron chi connectivity index (χ4n) is 5.42. The minimum Gasteiger partial charge on any atom is -0.314 e. The highest BCUT2D eigenvalue weighted by Crippen LogP contribution is 2.39. The molecule has 0 heterocycles. The van der Waals surface area contributed by atoms with E-state index in [4.69, 9.17) is 0 Å². The van der Waals surface area contributed by atoms with Crippen LogP contribution in [0.4, 0.5) is 0 Å². The van der Waals surface area contributed by atoms with Crippen LogP contribution in [-0.4, -0.2) is 12.6 Å². The summed E-state index contributed by atoms with van der Waals surface area (Å²) < 4.78 is 0. The van der Waals surface area contributed by atoms with Gasteiger partial charge >= 0.3 is 0 Å². The van der Waals surface area contributed by atoms with Gasteiger partial charge in [-0.25, -0.2) is 0 Å². The van der Waals surface area contributed by atoms with Gasteiger partial charge in [-0.15, -0.1) is 0 Å². The fourth-order valence-corrected chi connectivity index (χ4v) is 5.42. The van der Waals surface area contributed by atoms with Crippen LogP contribution in [0.25, 0.3) is 0 Å². The predicted octanol–water partition coefficient (Wildman–Crippen LogP) is 6.18. The minimum absolute atomic E-state index is 0.830. The van der Waals surface area contributed by atoms with Crippen molar-refractivity contribution in [3.8, 4) is 0 Å². The summed E-state index contributed by atoms with van der Waals surface area (Å²) in [6.07, 6.45) is 17.8. The number of hydrogen-bond acceptors (Lipinski definition) is 1. The van der Waals surface area contributed by atoms with E-state index in [0.717, 1.165) is 36.3 Å². The van der Waals surface area contributed by atoms with Crippen LogP contribution in [0, 0.1) is 23.7 Å². The highest BCUT2D eigenvalue weighted by molar-refractivity contribution is 4.83.